The number of carbonyl (C=O) groups excluding carboxylic acids is 1. The normalized spacial score (nSPS) is 11.1. The summed E-state index contributed by atoms with van der Waals surface area (Å²) < 4.78 is 33.7. The zero-order valence-electron chi connectivity index (χ0n) is 13.2. The van der Waals surface area contributed by atoms with Crippen molar-refractivity contribution in [2.75, 3.05) is 20.3 Å². The van der Waals surface area contributed by atoms with Crippen LogP contribution in [0.5, 0.6) is 11.5 Å². The first-order valence-corrected chi connectivity index (χ1v) is 6.97. The van der Waals surface area contributed by atoms with Crippen LogP contribution in [0.25, 0.3) is 0 Å². The molecule has 0 heterocycles. The summed E-state index contributed by atoms with van der Waals surface area (Å²) >= 11 is 0. The molecule has 0 unspecified atom stereocenters. The van der Waals surface area contributed by atoms with Crippen molar-refractivity contribution in [1.82, 2.24) is 5.32 Å². The van der Waals surface area contributed by atoms with E-state index in [2.05, 4.69) is 15.2 Å². The molecule has 1 aromatic rings. The molecule has 0 aliphatic rings. The number of oxime groups is 1. The van der Waals surface area contributed by atoms with E-state index < -0.39 is 6.61 Å². The molecule has 1 N–H and O–H groups in total. The van der Waals surface area contributed by atoms with Crippen molar-refractivity contribution in [2.45, 2.75) is 20.5 Å². The molecule has 1 amide bonds. The maximum Gasteiger partial charge on any atom is 0.387 e. The molecule has 0 spiro atoms. The number of halogens is 2. The quantitative estimate of drug-likeness (QED) is 0.558. The minimum absolute atomic E-state index is 0.0753. The van der Waals surface area contributed by atoms with Gasteiger partial charge in [-0.1, -0.05) is 19.0 Å². The molecule has 0 aliphatic heterocycles. The van der Waals surface area contributed by atoms with E-state index in [9.17, 15) is 13.6 Å². The summed E-state index contributed by atoms with van der Waals surface area (Å²) in [6.07, 6.45) is 1.34. The van der Waals surface area contributed by atoms with Gasteiger partial charge in [-0.05, 0) is 24.1 Å². The van der Waals surface area contributed by atoms with Gasteiger partial charge in [-0.15, -0.1) is 0 Å². The van der Waals surface area contributed by atoms with Crippen molar-refractivity contribution in [3.63, 3.8) is 0 Å². The molecule has 23 heavy (non-hydrogen) atoms. The van der Waals surface area contributed by atoms with Gasteiger partial charge in [0.25, 0.3) is 5.91 Å². The summed E-state index contributed by atoms with van der Waals surface area (Å²) in [7, 11) is 1.34. The Morgan fingerprint density at radius 3 is 2.70 bits per heavy atom. The Hall–Kier alpha value is -2.38. The second-order valence-corrected chi connectivity index (χ2v) is 4.99. The summed E-state index contributed by atoms with van der Waals surface area (Å²) in [5, 5.41) is 6.32. The fourth-order valence-corrected chi connectivity index (χ4v) is 1.52. The van der Waals surface area contributed by atoms with Crippen LogP contribution in [-0.2, 0) is 9.63 Å². The predicted octanol–water partition coefficient (Wildman–Crippen LogP) is 2.42. The lowest BCUT2D eigenvalue weighted by molar-refractivity contribution is -0.125. The van der Waals surface area contributed by atoms with Gasteiger partial charge in [0.05, 0.1) is 13.3 Å². The molecule has 0 saturated carbocycles. The second kappa shape index (κ2) is 9.60. The molecular formula is C15H20F2N2O4. The smallest absolute Gasteiger partial charge is 0.387 e. The largest absolute Gasteiger partial charge is 0.493 e. The topological polar surface area (TPSA) is 69.2 Å². The van der Waals surface area contributed by atoms with Crippen LogP contribution in [-0.4, -0.2) is 39.0 Å². The van der Waals surface area contributed by atoms with Gasteiger partial charge < -0.3 is 19.6 Å². The maximum atomic E-state index is 12.2. The Bertz CT molecular complexity index is 536. The van der Waals surface area contributed by atoms with Gasteiger partial charge in [0, 0.05) is 12.1 Å². The lowest BCUT2D eigenvalue weighted by Gasteiger charge is -2.10. The van der Waals surface area contributed by atoms with Crippen LogP contribution in [0.15, 0.2) is 23.4 Å². The maximum absolute atomic E-state index is 12.2. The molecule has 8 heteroatoms. The van der Waals surface area contributed by atoms with Crippen LogP contribution in [0, 0.1) is 5.92 Å². The Morgan fingerprint density at radius 1 is 1.35 bits per heavy atom. The third-order valence-electron chi connectivity index (χ3n) is 2.58. The molecule has 0 atom stereocenters. The van der Waals surface area contributed by atoms with E-state index in [0.717, 1.165) is 0 Å². The number of hydrogen-bond acceptors (Lipinski definition) is 5. The number of ether oxygens (including phenoxy) is 2. The number of rotatable bonds is 9. The van der Waals surface area contributed by atoms with Gasteiger partial charge in [0.2, 0.25) is 0 Å². The molecule has 0 bridgehead atoms. The summed E-state index contributed by atoms with van der Waals surface area (Å²) in [6, 6.07) is 4.30. The molecule has 1 rings (SSSR count). The number of methoxy groups -OCH3 is 1. The fraction of sp³-hybridized carbons (Fsp3) is 0.467. The molecule has 6 nitrogen and oxygen atoms in total. The van der Waals surface area contributed by atoms with Gasteiger partial charge in [-0.25, -0.2) is 0 Å². The van der Waals surface area contributed by atoms with Crippen molar-refractivity contribution >= 4 is 12.1 Å². The molecule has 0 fully saturated rings. The van der Waals surface area contributed by atoms with E-state index in [4.69, 9.17) is 9.57 Å². The number of amides is 1. The lowest BCUT2D eigenvalue weighted by atomic mass is 10.2. The third-order valence-corrected chi connectivity index (χ3v) is 2.58. The van der Waals surface area contributed by atoms with Crippen molar-refractivity contribution in [3.05, 3.63) is 23.8 Å². The highest BCUT2D eigenvalue weighted by molar-refractivity contribution is 5.81. The van der Waals surface area contributed by atoms with Crippen LogP contribution >= 0.6 is 0 Å². The Labute approximate surface area is 133 Å². The number of benzene rings is 1. The first-order valence-electron chi connectivity index (χ1n) is 6.97. The molecule has 0 aliphatic carbocycles. The number of nitrogens with zero attached hydrogens (tertiary/aromatic N) is 1. The minimum Gasteiger partial charge on any atom is -0.493 e. The number of hydrogen-bond donors (Lipinski definition) is 1. The Kier molecular flexibility index (Phi) is 7.79. The highest BCUT2D eigenvalue weighted by atomic mass is 19.3. The summed E-state index contributed by atoms with van der Waals surface area (Å²) in [6.45, 7) is 1.39. The summed E-state index contributed by atoms with van der Waals surface area (Å²) in [5.41, 5.74) is 0.547. The van der Waals surface area contributed by atoms with Crippen LogP contribution in [0.1, 0.15) is 19.4 Å². The lowest BCUT2D eigenvalue weighted by Crippen LogP contribution is -2.30. The first kappa shape index (κ1) is 18.7. The van der Waals surface area contributed by atoms with Crippen molar-refractivity contribution in [3.8, 4) is 11.5 Å². The predicted molar refractivity (Wildman–Crippen MR) is 81.0 cm³/mol. The zero-order chi connectivity index (χ0) is 17.2. The van der Waals surface area contributed by atoms with E-state index in [-0.39, 0.29) is 24.0 Å². The Morgan fingerprint density at radius 2 is 2.09 bits per heavy atom. The average Bonchev–Trinajstić information content (AvgIpc) is 2.50. The van der Waals surface area contributed by atoms with E-state index in [1.54, 1.807) is 0 Å². The van der Waals surface area contributed by atoms with E-state index in [1.807, 2.05) is 13.8 Å². The molecule has 0 aromatic heterocycles. The van der Waals surface area contributed by atoms with Gasteiger partial charge in [-0.2, -0.15) is 8.78 Å². The van der Waals surface area contributed by atoms with Crippen molar-refractivity contribution in [2.24, 2.45) is 11.1 Å². The second-order valence-electron chi connectivity index (χ2n) is 4.99. The fourth-order valence-electron chi connectivity index (χ4n) is 1.52. The van der Waals surface area contributed by atoms with Crippen molar-refractivity contribution in [1.29, 1.82) is 0 Å². The number of alkyl halides is 2. The molecule has 1 aromatic carbocycles. The average molecular weight is 330 g/mol. The van der Waals surface area contributed by atoms with Gasteiger partial charge in [-0.3, -0.25) is 4.79 Å². The first-order chi connectivity index (χ1) is 10.9. The van der Waals surface area contributed by atoms with Crippen LogP contribution < -0.4 is 14.8 Å². The molecule has 128 valence electrons. The van der Waals surface area contributed by atoms with Gasteiger partial charge in [0.1, 0.15) is 0 Å². The molecule has 0 saturated heterocycles. The molecular weight excluding hydrogens is 310 g/mol. The zero-order valence-corrected chi connectivity index (χ0v) is 13.2. The minimum atomic E-state index is -2.93. The van der Waals surface area contributed by atoms with Crippen molar-refractivity contribution < 1.29 is 27.9 Å². The van der Waals surface area contributed by atoms with Crippen LogP contribution in [0.3, 0.4) is 0 Å². The van der Waals surface area contributed by atoms with Gasteiger partial charge in [0.15, 0.2) is 18.1 Å². The van der Waals surface area contributed by atoms with Crippen LogP contribution in [0.4, 0.5) is 8.78 Å². The van der Waals surface area contributed by atoms with Gasteiger partial charge >= 0.3 is 6.61 Å². The summed E-state index contributed by atoms with van der Waals surface area (Å²) in [4.78, 5) is 16.3. The SMILES string of the molecule is COc1cc(/C=N/OCC(=O)NCC(C)C)ccc1OC(F)F. The monoisotopic (exact) mass is 330 g/mol. The van der Waals surface area contributed by atoms with Crippen LogP contribution in [0.2, 0.25) is 0 Å². The number of carbonyl (C=O) groups is 1. The van der Waals surface area contributed by atoms with E-state index in [1.165, 1.54) is 31.5 Å². The highest BCUT2D eigenvalue weighted by Gasteiger charge is 2.10. The van der Waals surface area contributed by atoms with E-state index >= 15 is 0 Å². The summed E-state index contributed by atoms with van der Waals surface area (Å²) in [5.74, 6) is 0.149. The third kappa shape index (κ3) is 7.44. The Balaban J connectivity index is 2.52. The van der Waals surface area contributed by atoms with E-state index in [0.29, 0.717) is 18.0 Å². The molecule has 0 radical (unpaired) electrons. The highest BCUT2D eigenvalue weighted by Crippen LogP contribution is 2.28. The standard InChI is InChI=1S/C15H20F2N2O4/c1-10(2)7-18-14(20)9-22-19-8-11-4-5-12(23-15(16)17)13(6-11)21-3/h4-6,8,10,15H,7,9H2,1-3H3,(H,18,20)/b19-8+. The number of nitrogens with one attached hydrogen (secondary N) is 1.